The van der Waals surface area contributed by atoms with E-state index in [9.17, 15) is 14.5 Å². The lowest BCUT2D eigenvalue weighted by Gasteiger charge is -2.27. The van der Waals surface area contributed by atoms with Crippen LogP contribution in [-0.4, -0.2) is 29.2 Å². The van der Waals surface area contributed by atoms with Gasteiger partial charge in [0.2, 0.25) is 0 Å². The summed E-state index contributed by atoms with van der Waals surface area (Å²) in [5.74, 6) is -0.833. The summed E-state index contributed by atoms with van der Waals surface area (Å²) in [5.41, 5.74) is -0.158. The highest BCUT2D eigenvalue weighted by molar-refractivity contribution is 6.31. The number of anilines is 1. The van der Waals surface area contributed by atoms with E-state index in [-0.39, 0.29) is 35.6 Å². The predicted molar refractivity (Wildman–Crippen MR) is 67.6 cm³/mol. The Bertz CT molecular complexity index is 454. The number of hydrogen-bond donors (Lipinski definition) is 1. The molecular weight excluding hydrogens is 263 g/mol. The van der Waals surface area contributed by atoms with E-state index in [4.69, 9.17) is 16.7 Å². The minimum atomic E-state index is -0.833. The molecule has 0 aliphatic carbocycles. The summed E-state index contributed by atoms with van der Waals surface area (Å²) in [6.07, 6.45) is 0. The van der Waals surface area contributed by atoms with Crippen LogP contribution in [0.25, 0.3) is 0 Å². The van der Waals surface area contributed by atoms with Crippen LogP contribution >= 0.6 is 11.6 Å². The molecule has 0 aliphatic heterocycles. The molecule has 18 heavy (non-hydrogen) atoms. The van der Waals surface area contributed by atoms with Gasteiger partial charge in [-0.25, -0.2) is 4.39 Å². The van der Waals surface area contributed by atoms with Gasteiger partial charge < -0.3 is 10.0 Å². The van der Waals surface area contributed by atoms with Crippen molar-refractivity contribution in [1.29, 1.82) is 0 Å². The van der Waals surface area contributed by atoms with Gasteiger partial charge in [-0.1, -0.05) is 11.6 Å². The normalized spacial score (nSPS) is 10.8. The van der Waals surface area contributed by atoms with Crippen molar-refractivity contribution in [2.45, 2.75) is 19.9 Å². The minimum Gasteiger partial charge on any atom is -0.395 e. The molecule has 1 aromatic rings. The Kier molecular flexibility index (Phi) is 4.86. The van der Waals surface area contributed by atoms with Gasteiger partial charge in [0, 0.05) is 12.6 Å². The second-order valence-corrected chi connectivity index (χ2v) is 4.43. The van der Waals surface area contributed by atoms with Crippen LogP contribution in [0.1, 0.15) is 13.8 Å². The Morgan fingerprint density at radius 1 is 1.56 bits per heavy atom. The van der Waals surface area contributed by atoms with Gasteiger partial charge in [0.25, 0.3) is 5.69 Å². The Balaban J connectivity index is 3.35. The molecule has 1 rings (SSSR count). The van der Waals surface area contributed by atoms with E-state index in [1.54, 1.807) is 4.90 Å². The summed E-state index contributed by atoms with van der Waals surface area (Å²) in [5, 5.41) is 19.7. The lowest BCUT2D eigenvalue weighted by Crippen LogP contribution is -2.34. The fourth-order valence-electron chi connectivity index (χ4n) is 1.67. The van der Waals surface area contributed by atoms with Gasteiger partial charge >= 0.3 is 0 Å². The largest absolute Gasteiger partial charge is 0.395 e. The molecule has 0 saturated carbocycles. The predicted octanol–water partition coefficient (Wildman–Crippen LogP) is 2.59. The quantitative estimate of drug-likeness (QED) is 0.663. The first-order valence-corrected chi connectivity index (χ1v) is 5.77. The van der Waals surface area contributed by atoms with Crippen molar-refractivity contribution in [2.24, 2.45) is 0 Å². The average Bonchev–Trinajstić information content (AvgIpc) is 2.28. The standard InChI is InChI=1S/C11H14ClFN2O3/c1-7(2)14(3-4-16)10-5-8(12)9(13)6-11(10)15(17)18/h5-7,16H,3-4H2,1-2H3. The first-order chi connectivity index (χ1) is 8.38. The molecule has 0 heterocycles. The van der Waals surface area contributed by atoms with Crippen LogP contribution in [-0.2, 0) is 0 Å². The van der Waals surface area contributed by atoms with Crippen molar-refractivity contribution < 1.29 is 14.4 Å². The van der Waals surface area contributed by atoms with E-state index in [0.717, 1.165) is 6.07 Å². The third-order valence-electron chi connectivity index (χ3n) is 2.49. The molecule has 1 N–H and O–H groups in total. The molecule has 0 fully saturated rings. The third kappa shape index (κ3) is 3.08. The zero-order valence-electron chi connectivity index (χ0n) is 10.1. The Hall–Kier alpha value is -1.40. The molecular formula is C11H14ClFN2O3. The average molecular weight is 277 g/mol. The highest BCUT2D eigenvalue weighted by Gasteiger charge is 2.23. The second kappa shape index (κ2) is 5.97. The number of hydrogen-bond acceptors (Lipinski definition) is 4. The smallest absolute Gasteiger partial charge is 0.295 e. The summed E-state index contributed by atoms with van der Waals surface area (Å²) in [6.45, 7) is 3.68. The van der Waals surface area contributed by atoms with Gasteiger partial charge in [0.15, 0.2) is 0 Å². The van der Waals surface area contributed by atoms with E-state index < -0.39 is 10.7 Å². The van der Waals surface area contributed by atoms with Crippen molar-refractivity contribution >= 4 is 23.0 Å². The number of nitro groups is 1. The molecule has 0 unspecified atom stereocenters. The van der Waals surface area contributed by atoms with Crippen LogP contribution in [0.15, 0.2) is 12.1 Å². The number of aliphatic hydroxyl groups is 1. The van der Waals surface area contributed by atoms with Crippen molar-refractivity contribution in [3.63, 3.8) is 0 Å². The molecule has 0 spiro atoms. The molecule has 0 bridgehead atoms. The monoisotopic (exact) mass is 276 g/mol. The summed E-state index contributed by atoms with van der Waals surface area (Å²) < 4.78 is 13.3. The molecule has 0 radical (unpaired) electrons. The maximum atomic E-state index is 13.3. The van der Waals surface area contributed by atoms with Gasteiger partial charge in [-0.05, 0) is 19.9 Å². The number of nitro benzene ring substituents is 1. The maximum absolute atomic E-state index is 13.3. The number of benzene rings is 1. The molecule has 1 aromatic carbocycles. The van der Waals surface area contributed by atoms with E-state index >= 15 is 0 Å². The van der Waals surface area contributed by atoms with Crippen LogP contribution in [0, 0.1) is 15.9 Å². The van der Waals surface area contributed by atoms with Crippen molar-refractivity contribution in [3.8, 4) is 0 Å². The lowest BCUT2D eigenvalue weighted by atomic mass is 10.2. The van der Waals surface area contributed by atoms with Crippen LogP contribution in [0.4, 0.5) is 15.8 Å². The van der Waals surface area contributed by atoms with Gasteiger partial charge in [0.05, 0.1) is 22.6 Å². The minimum absolute atomic E-state index is 0.0858. The Morgan fingerprint density at radius 2 is 2.17 bits per heavy atom. The number of nitrogens with zero attached hydrogens (tertiary/aromatic N) is 2. The maximum Gasteiger partial charge on any atom is 0.295 e. The Morgan fingerprint density at radius 3 is 2.61 bits per heavy atom. The van der Waals surface area contributed by atoms with Crippen molar-refractivity contribution in [3.05, 3.63) is 33.1 Å². The van der Waals surface area contributed by atoms with E-state index in [1.807, 2.05) is 13.8 Å². The van der Waals surface area contributed by atoms with E-state index in [2.05, 4.69) is 0 Å². The highest BCUT2D eigenvalue weighted by Crippen LogP contribution is 2.34. The topological polar surface area (TPSA) is 66.6 Å². The SMILES string of the molecule is CC(C)N(CCO)c1cc(Cl)c(F)cc1[N+](=O)[O-]. The summed E-state index contributed by atoms with van der Waals surface area (Å²) in [6, 6.07) is 1.92. The van der Waals surface area contributed by atoms with Crippen LogP contribution < -0.4 is 4.90 Å². The number of halogens is 2. The molecule has 5 nitrogen and oxygen atoms in total. The fourth-order valence-corrected chi connectivity index (χ4v) is 1.82. The highest BCUT2D eigenvalue weighted by atomic mass is 35.5. The molecule has 0 aromatic heterocycles. The van der Waals surface area contributed by atoms with Crippen molar-refractivity contribution in [1.82, 2.24) is 0 Å². The second-order valence-electron chi connectivity index (χ2n) is 4.02. The van der Waals surface area contributed by atoms with Gasteiger partial charge in [0.1, 0.15) is 11.5 Å². The number of rotatable bonds is 5. The summed E-state index contributed by atoms with van der Waals surface area (Å²) >= 11 is 5.65. The first kappa shape index (κ1) is 14.7. The summed E-state index contributed by atoms with van der Waals surface area (Å²) in [4.78, 5) is 11.9. The van der Waals surface area contributed by atoms with Gasteiger partial charge in [-0.15, -0.1) is 0 Å². The van der Waals surface area contributed by atoms with E-state index in [0.29, 0.717) is 0 Å². The molecule has 0 atom stereocenters. The first-order valence-electron chi connectivity index (χ1n) is 5.39. The van der Waals surface area contributed by atoms with Crippen LogP contribution in [0.3, 0.4) is 0 Å². The molecule has 0 aliphatic rings. The zero-order valence-corrected chi connectivity index (χ0v) is 10.8. The van der Waals surface area contributed by atoms with Gasteiger partial charge in [-0.2, -0.15) is 0 Å². The van der Waals surface area contributed by atoms with E-state index in [1.165, 1.54) is 6.07 Å². The molecule has 0 saturated heterocycles. The number of aliphatic hydroxyl groups excluding tert-OH is 1. The molecule has 100 valence electrons. The third-order valence-corrected chi connectivity index (χ3v) is 2.78. The Labute approximate surface area is 109 Å². The summed E-state index contributed by atoms with van der Waals surface area (Å²) in [7, 11) is 0. The molecule has 0 amide bonds. The van der Waals surface area contributed by atoms with Crippen LogP contribution in [0.5, 0.6) is 0 Å². The zero-order chi connectivity index (χ0) is 13.9. The van der Waals surface area contributed by atoms with Crippen LogP contribution in [0.2, 0.25) is 5.02 Å². The fraction of sp³-hybridized carbons (Fsp3) is 0.455. The molecule has 7 heteroatoms. The van der Waals surface area contributed by atoms with Gasteiger partial charge in [-0.3, -0.25) is 10.1 Å². The lowest BCUT2D eigenvalue weighted by molar-refractivity contribution is -0.384. The van der Waals surface area contributed by atoms with Crippen molar-refractivity contribution in [2.75, 3.05) is 18.1 Å².